The van der Waals surface area contributed by atoms with E-state index in [9.17, 15) is 4.79 Å². The summed E-state index contributed by atoms with van der Waals surface area (Å²) in [5.41, 5.74) is 3.08. The molecule has 0 aliphatic carbocycles. The highest BCUT2D eigenvalue weighted by atomic mass is 16.5. The molecule has 2 fully saturated rings. The highest BCUT2D eigenvalue weighted by Gasteiger charge is 2.30. The maximum atomic E-state index is 12.8. The number of carbonyl (C=O) groups excluding carboxylic acids is 1. The monoisotopic (exact) mass is 368 g/mol. The number of nitrogens with one attached hydrogen (secondary N) is 2. The Hall–Kier alpha value is -2.18. The minimum Gasteiger partial charge on any atom is -0.381 e. The Labute approximate surface area is 160 Å². The number of amides is 1. The van der Waals surface area contributed by atoms with Gasteiger partial charge in [0.2, 0.25) is 5.91 Å². The van der Waals surface area contributed by atoms with E-state index in [2.05, 4.69) is 20.4 Å². The predicted molar refractivity (Wildman–Crippen MR) is 104 cm³/mol. The Morgan fingerprint density at radius 3 is 2.85 bits per heavy atom. The van der Waals surface area contributed by atoms with E-state index in [1.54, 1.807) is 6.20 Å². The first kappa shape index (κ1) is 18.2. The second-order valence-electron chi connectivity index (χ2n) is 7.53. The third-order valence-electron chi connectivity index (χ3n) is 5.76. The lowest BCUT2D eigenvalue weighted by Gasteiger charge is -2.39. The van der Waals surface area contributed by atoms with Gasteiger partial charge >= 0.3 is 0 Å². The fraction of sp³-hybridized carbons (Fsp3) is 0.524. The van der Waals surface area contributed by atoms with Gasteiger partial charge in [0.25, 0.3) is 0 Å². The van der Waals surface area contributed by atoms with Crippen LogP contribution in [0.15, 0.2) is 36.5 Å². The lowest BCUT2D eigenvalue weighted by atomic mass is 9.94. The SMILES string of the molecule is O=C(NCc1cn[nH]c1-c1ccccc1)[C@@H]1CCCN(C2CCOCC2)C1. The number of aromatic amines is 1. The van der Waals surface area contributed by atoms with Crippen LogP contribution in [0.1, 0.15) is 31.2 Å². The van der Waals surface area contributed by atoms with Crippen molar-refractivity contribution in [2.75, 3.05) is 26.3 Å². The van der Waals surface area contributed by atoms with Crippen molar-refractivity contribution in [2.24, 2.45) is 5.92 Å². The summed E-state index contributed by atoms with van der Waals surface area (Å²) >= 11 is 0. The molecule has 1 amide bonds. The first-order chi connectivity index (χ1) is 13.3. The summed E-state index contributed by atoms with van der Waals surface area (Å²) in [4.78, 5) is 15.3. The van der Waals surface area contributed by atoms with E-state index in [0.717, 1.165) is 68.8 Å². The molecule has 4 rings (SSSR count). The molecule has 2 N–H and O–H groups in total. The van der Waals surface area contributed by atoms with Crippen molar-refractivity contribution in [3.8, 4) is 11.3 Å². The summed E-state index contributed by atoms with van der Waals surface area (Å²) in [6.07, 6.45) is 6.05. The summed E-state index contributed by atoms with van der Waals surface area (Å²) in [6.45, 7) is 4.18. The molecule has 0 spiro atoms. The van der Waals surface area contributed by atoms with Gasteiger partial charge in [-0.1, -0.05) is 30.3 Å². The maximum Gasteiger partial charge on any atom is 0.224 e. The first-order valence-electron chi connectivity index (χ1n) is 9.98. The summed E-state index contributed by atoms with van der Waals surface area (Å²) in [7, 11) is 0. The Morgan fingerprint density at radius 2 is 2.04 bits per heavy atom. The Morgan fingerprint density at radius 1 is 1.22 bits per heavy atom. The van der Waals surface area contributed by atoms with Crippen molar-refractivity contribution in [3.63, 3.8) is 0 Å². The normalized spacial score (nSPS) is 21.9. The highest BCUT2D eigenvalue weighted by Crippen LogP contribution is 2.24. The van der Waals surface area contributed by atoms with E-state index in [0.29, 0.717) is 12.6 Å². The van der Waals surface area contributed by atoms with Crippen molar-refractivity contribution < 1.29 is 9.53 Å². The second kappa shape index (κ2) is 8.67. The lowest BCUT2D eigenvalue weighted by molar-refractivity contribution is -0.127. The molecule has 1 aromatic heterocycles. The largest absolute Gasteiger partial charge is 0.381 e. The number of benzene rings is 1. The number of ether oxygens (including phenoxy) is 1. The van der Waals surface area contributed by atoms with E-state index in [4.69, 9.17) is 4.74 Å². The van der Waals surface area contributed by atoms with Gasteiger partial charge in [0.1, 0.15) is 0 Å². The first-order valence-corrected chi connectivity index (χ1v) is 9.98. The number of aromatic nitrogens is 2. The van der Waals surface area contributed by atoms with Crippen molar-refractivity contribution >= 4 is 5.91 Å². The molecule has 0 radical (unpaired) electrons. The van der Waals surface area contributed by atoms with Crippen LogP contribution in [0, 0.1) is 5.92 Å². The molecule has 6 nitrogen and oxygen atoms in total. The fourth-order valence-electron chi connectivity index (χ4n) is 4.23. The summed E-state index contributed by atoms with van der Waals surface area (Å²) < 4.78 is 5.48. The Balaban J connectivity index is 1.34. The molecule has 1 atom stereocenters. The van der Waals surface area contributed by atoms with E-state index >= 15 is 0 Å². The molecule has 2 saturated heterocycles. The van der Waals surface area contributed by atoms with E-state index in [-0.39, 0.29) is 11.8 Å². The molecule has 27 heavy (non-hydrogen) atoms. The molecule has 144 valence electrons. The average molecular weight is 368 g/mol. The minimum absolute atomic E-state index is 0.0775. The van der Waals surface area contributed by atoms with E-state index in [1.165, 1.54) is 0 Å². The third kappa shape index (κ3) is 4.39. The van der Waals surface area contributed by atoms with Crippen molar-refractivity contribution in [3.05, 3.63) is 42.1 Å². The number of hydrogen-bond acceptors (Lipinski definition) is 4. The number of carbonyl (C=O) groups is 1. The zero-order valence-electron chi connectivity index (χ0n) is 15.7. The summed E-state index contributed by atoms with van der Waals surface area (Å²) in [5.74, 6) is 0.237. The van der Waals surface area contributed by atoms with Gasteiger partial charge in [0.15, 0.2) is 0 Å². The van der Waals surface area contributed by atoms with Crippen molar-refractivity contribution in [1.82, 2.24) is 20.4 Å². The van der Waals surface area contributed by atoms with Crippen molar-refractivity contribution in [1.29, 1.82) is 0 Å². The van der Waals surface area contributed by atoms with E-state index < -0.39 is 0 Å². The fourth-order valence-corrected chi connectivity index (χ4v) is 4.23. The number of piperidine rings is 1. The lowest BCUT2D eigenvalue weighted by Crippen LogP contribution is -2.48. The summed E-state index contributed by atoms with van der Waals surface area (Å²) in [6, 6.07) is 10.7. The average Bonchev–Trinajstić information content (AvgIpc) is 3.22. The van der Waals surface area contributed by atoms with Crippen LogP contribution in [0.3, 0.4) is 0 Å². The molecule has 2 aliphatic heterocycles. The number of H-pyrrole nitrogens is 1. The Bertz CT molecular complexity index is 740. The van der Waals surface area contributed by atoms with Crippen molar-refractivity contribution in [2.45, 2.75) is 38.3 Å². The van der Waals surface area contributed by atoms with Crippen LogP contribution in [0.2, 0.25) is 0 Å². The molecule has 2 aliphatic rings. The second-order valence-corrected chi connectivity index (χ2v) is 7.53. The molecule has 0 unspecified atom stereocenters. The van der Waals surface area contributed by atoms with Gasteiger partial charge in [0, 0.05) is 37.9 Å². The molecule has 0 saturated carbocycles. The highest BCUT2D eigenvalue weighted by molar-refractivity contribution is 5.79. The van der Waals surface area contributed by atoms with Gasteiger partial charge in [-0.2, -0.15) is 5.10 Å². The smallest absolute Gasteiger partial charge is 0.224 e. The summed E-state index contributed by atoms with van der Waals surface area (Å²) in [5, 5.41) is 10.4. The van der Waals surface area contributed by atoms with Gasteiger partial charge in [-0.15, -0.1) is 0 Å². The standard InChI is InChI=1S/C21H28N4O2/c26-21(17-7-4-10-25(15-17)19-8-11-27-12-9-19)22-13-18-14-23-24-20(18)16-5-2-1-3-6-16/h1-3,5-6,14,17,19H,4,7-13,15H2,(H,22,26)(H,23,24)/t17-/m1/s1. The zero-order chi connectivity index (χ0) is 18.5. The van der Waals surface area contributed by atoms with Crippen LogP contribution in [-0.4, -0.2) is 53.3 Å². The number of rotatable bonds is 5. The zero-order valence-corrected chi connectivity index (χ0v) is 15.7. The topological polar surface area (TPSA) is 70.2 Å². The third-order valence-corrected chi connectivity index (χ3v) is 5.76. The van der Waals surface area contributed by atoms with Crippen LogP contribution in [0.4, 0.5) is 0 Å². The number of hydrogen-bond donors (Lipinski definition) is 2. The number of nitrogens with zero attached hydrogens (tertiary/aromatic N) is 2. The van der Waals surface area contributed by atoms with Gasteiger partial charge in [-0.05, 0) is 37.8 Å². The Kier molecular flexibility index (Phi) is 5.84. The van der Waals surface area contributed by atoms with Gasteiger partial charge in [-0.3, -0.25) is 14.8 Å². The van der Waals surface area contributed by atoms with Crippen LogP contribution in [0.25, 0.3) is 11.3 Å². The molecule has 1 aromatic carbocycles. The van der Waals surface area contributed by atoms with E-state index in [1.807, 2.05) is 30.3 Å². The molecule has 2 aromatic rings. The van der Waals surface area contributed by atoms with Gasteiger partial charge in [-0.25, -0.2) is 0 Å². The molecule has 0 bridgehead atoms. The molecule has 3 heterocycles. The molecule has 6 heteroatoms. The van der Waals surface area contributed by atoms with Gasteiger partial charge in [0.05, 0.1) is 17.8 Å². The molecular weight excluding hydrogens is 340 g/mol. The van der Waals surface area contributed by atoms with Crippen LogP contribution in [0.5, 0.6) is 0 Å². The quantitative estimate of drug-likeness (QED) is 0.851. The predicted octanol–water partition coefficient (Wildman–Crippen LogP) is 2.58. The number of likely N-dealkylation sites (tertiary alicyclic amines) is 1. The maximum absolute atomic E-state index is 12.8. The van der Waals surface area contributed by atoms with Crippen LogP contribution in [-0.2, 0) is 16.1 Å². The van der Waals surface area contributed by atoms with Crippen LogP contribution >= 0.6 is 0 Å². The minimum atomic E-state index is 0.0775. The van der Waals surface area contributed by atoms with Gasteiger partial charge < -0.3 is 10.1 Å². The molecular formula is C21H28N4O2. The van der Waals surface area contributed by atoms with Crippen LogP contribution < -0.4 is 5.32 Å².